The number of rotatable bonds is 7. The largest absolute Gasteiger partial charge is 0.490 e. The lowest BCUT2D eigenvalue weighted by Crippen LogP contribution is -2.05. The van der Waals surface area contributed by atoms with Crippen molar-refractivity contribution in [2.24, 2.45) is 4.99 Å². The Morgan fingerprint density at radius 1 is 1.06 bits per heavy atom. The maximum atomic E-state index is 13.4. The molecular weight excluding hydrogens is 524 g/mol. The molecule has 1 aliphatic rings. The van der Waals surface area contributed by atoms with Crippen molar-refractivity contribution in [3.8, 4) is 11.5 Å². The molecule has 0 aliphatic carbocycles. The fourth-order valence-electron chi connectivity index (χ4n) is 3.13. The third-order valence-corrected chi connectivity index (χ3v) is 5.35. The van der Waals surface area contributed by atoms with Crippen LogP contribution in [0.25, 0.3) is 6.08 Å². The van der Waals surface area contributed by atoms with E-state index >= 15 is 0 Å². The number of halogens is 2. The highest BCUT2D eigenvalue weighted by Crippen LogP contribution is 2.36. The normalized spacial score (nSPS) is 14.3. The van der Waals surface area contributed by atoms with Gasteiger partial charge >= 0.3 is 5.97 Å². The van der Waals surface area contributed by atoms with Crippen LogP contribution >= 0.6 is 22.6 Å². The highest BCUT2D eigenvalue weighted by molar-refractivity contribution is 14.1. The van der Waals surface area contributed by atoms with E-state index in [1.165, 1.54) is 12.1 Å². The molecule has 4 rings (SSSR count). The topological polar surface area (TPSA) is 57.1 Å². The van der Waals surface area contributed by atoms with Crippen LogP contribution in [0.1, 0.15) is 23.6 Å². The minimum absolute atomic E-state index is 0.200. The number of carbonyl (C=O) groups excluding carboxylic acids is 1. The third kappa shape index (κ3) is 5.16. The Balaban J connectivity index is 1.61. The number of aliphatic imine (C=N–C) groups is 1. The zero-order valence-corrected chi connectivity index (χ0v) is 19.3. The second-order valence-corrected chi connectivity index (χ2v) is 8.05. The Labute approximate surface area is 198 Å². The molecule has 0 N–H and O–H groups in total. The molecule has 162 valence electrons. The predicted octanol–water partition coefficient (Wildman–Crippen LogP) is 5.75. The van der Waals surface area contributed by atoms with E-state index in [0.717, 1.165) is 14.7 Å². The molecule has 0 unspecified atom stereocenters. The molecule has 32 heavy (non-hydrogen) atoms. The first-order valence-corrected chi connectivity index (χ1v) is 11.0. The van der Waals surface area contributed by atoms with Gasteiger partial charge in [-0.25, -0.2) is 14.2 Å². The van der Waals surface area contributed by atoms with E-state index in [0.29, 0.717) is 23.7 Å². The minimum atomic E-state index is -0.511. The Morgan fingerprint density at radius 2 is 1.88 bits per heavy atom. The highest BCUT2D eigenvalue weighted by Gasteiger charge is 2.24. The minimum Gasteiger partial charge on any atom is -0.490 e. The lowest BCUT2D eigenvalue weighted by atomic mass is 10.1. The van der Waals surface area contributed by atoms with Gasteiger partial charge in [-0.05, 0) is 83.1 Å². The van der Waals surface area contributed by atoms with E-state index in [4.69, 9.17) is 14.2 Å². The summed E-state index contributed by atoms with van der Waals surface area (Å²) in [6, 6.07) is 19.1. The van der Waals surface area contributed by atoms with Crippen LogP contribution in [0.4, 0.5) is 4.39 Å². The van der Waals surface area contributed by atoms with E-state index in [2.05, 4.69) is 27.6 Å². The Kier molecular flexibility index (Phi) is 6.84. The molecule has 3 aromatic carbocycles. The number of hydrogen-bond donors (Lipinski definition) is 0. The number of ether oxygens (including phenoxy) is 3. The molecule has 0 atom stereocenters. The van der Waals surface area contributed by atoms with Gasteiger partial charge in [-0.2, -0.15) is 0 Å². The summed E-state index contributed by atoms with van der Waals surface area (Å²) in [6.07, 6.45) is 1.65. The summed E-state index contributed by atoms with van der Waals surface area (Å²) in [5.41, 5.74) is 2.37. The van der Waals surface area contributed by atoms with Gasteiger partial charge in [0.2, 0.25) is 5.90 Å². The average Bonchev–Trinajstić information content (AvgIpc) is 3.14. The monoisotopic (exact) mass is 543 g/mol. The summed E-state index contributed by atoms with van der Waals surface area (Å²) in [5.74, 6) is 0.536. The molecule has 0 amide bonds. The van der Waals surface area contributed by atoms with Gasteiger partial charge in [0.25, 0.3) is 0 Å². The van der Waals surface area contributed by atoms with E-state index in [-0.39, 0.29) is 24.0 Å². The zero-order chi connectivity index (χ0) is 22.5. The van der Waals surface area contributed by atoms with Gasteiger partial charge < -0.3 is 14.2 Å². The Bertz CT molecular complexity index is 1210. The van der Waals surface area contributed by atoms with Gasteiger partial charge in [0.15, 0.2) is 17.2 Å². The first kappa shape index (κ1) is 22.0. The molecule has 0 bridgehead atoms. The van der Waals surface area contributed by atoms with E-state index in [1.807, 2.05) is 43.3 Å². The second-order valence-electron chi connectivity index (χ2n) is 6.88. The van der Waals surface area contributed by atoms with Crippen molar-refractivity contribution in [2.45, 2.75) is 13.5 Å². The molecule has 0 spiro atoms. The van der Waals surface area contributed by atoms with Crippen LogP contribution in [-0.4, -0.2) is 18.5 Å². The van der Waals surface area contributed by atoms with Gasteiger partial charge in [0.05, 0.1) is 10.2 Å². The van der Waals surface area contributed by atoms with Crippen LogP contribution < -0.4 is 9.47 Å². The Morgan fingerprint density at radius 3 is 2.62 bits per heavy atom. The molecule has 3 aromatic rings. The summed E-state index contributed by atoms with van der Waals surface area (Å²) < 4.78 is 31.3. The van der Waals surface area contributed by atoms with Crippen LogP contribution in [0.15, 0.2) is 77.4 Å². The summed E-state index contributed by atoms with van der Waals surface area (Å²) in [5, 5.41) is 0. The van der Waals surface area contributed by atoms with Crippen LogP contribution in [0.3, 0.4) is 0 Å². The van der Waals surface area contributed by atoms with Crippen molar-refractivity contribution in [3.05, 3.63) is 98.5 Å². The van der Waals surface area contributed by atoms with Gasteiger partial charge in [-0.1, -0.05) is 30.3 Å². The molecule has 7 heteroatoms. The molecule has 1 heterocycles. The molecule has 0 saturated carbocycles. The molecule has 0 radical (unpaired) electrons. The van der Waals surface area contributed by atoms with Crippen LogP contribution in [0, 0.1) is 9.39 Å². The molecule has 0 aromatic heterocycles. The van der Waals surface area contributed by atoms with Crippen LogP contribution in [-0.2, 0) is 16.1 Å². The number of hydrogen-bond acceptors (Lipinski definition) is 5. The number of cyclic esters (lactones) is 1. The first-order valence-electron chi connectivity index (χ1n) is 9.95. The van der Waals surface area contributed by atoms with Crippen LogP contribution in [0.2, 0.25) is 0 Å². The SMILES string of the molecule is CCOc1cc(/C=C2\N=C(c3ccccc3)OC2=O)cc(I)c1OCc1cccc(F)c1. The van der Waals surface area contributed by atoms with Crippen molar-refractivity contribution in [1.82, 2.24) is 0 Å². The maximum absolute atomic E-state index is 13.4. The quantitative estimate of drug-likeness (QED) is 0.216. The zero-order valence-electron chi connectivity index (χ0n) is 17.2. The molecular formula is C25H19FINO4. The average molecular weight is 543 g/mol. The lowest BCUT2D eigenvalue weighted by Gasteiger charge is -2.15. The number of carbonyl (C=O) groups is 1. The standard InChI is InChI=1S/C25H19FINO4/c1-2-30-22-14-17(12-20(27)23(22)31-15-16-7-6-10-19(26)11-16)13-21-25(29)32-24(28-21)18-8-4-3-5-9-18/h3-14H,2,15H2,1H3/b21-13-. The van der Waals surface area contributed by atoms with Crippen molar-refractivity contribution in [1.29, 1.82) is 0 Å². The summed E-state index contributed by atoms with van der Waals surface area (Å²) >= 11 is 2.15. The number of nitrogens with zero attached hydrogens (tertiary/aromatic N) is 1. The molecule has 1 aliphatic heterocycles. The van der Waals surface area contributed by atoms with Gasteiger partial charge in [-0.3, -0.25) is 0 Å². The molecule has 5 nitrogen and oxygen atoms in total. The van der Waals surface area contributed by atoms with Gasteiger partial charge in [-0.15, -0.1) is 0 Å². The first-order chi connectivity index (χ1) is 15.5. The highest BCUT2D eigenvalue weighted by atomic mass is 127. The third-order valence-electron chi connectivity index (χ3n) is 4.55. The van der Waals surface area contributed by atoms with Gasteiger partial charge in [0.1, 0.15) is 12.4 Å². The van der Waals surface area contributed by atoms with E-state index in [1.54, 1.807) is 24.3 Å². The van der Waals surface area contributed by atoms with Gasteiger partial charge in [0, 0.05) is 5.56 Å². The fraction of sp³-hybridized carbons (Fsp3) is 0.120. The summed E-state index contributed by atoms with van der Waals surface area (Å²) in [4.78, 5) is 16.7. The molecule has 0 fully saturated rings. The fourth-order valence-corrected chi connectivity index (χ4v) is 3.91. The van der Waals surface area contributed by atoms with Crippen molar-refractivity contribution in [3.63, 3.8) is 0 Å². The summed E-state index contributed by atoms with van der Waals surface area (Å²) in [6.45, 7) is 2.51. The van der Waals surface area contributed by atoms with Crippen molar-refractivity contribution in [2.75, 3.05) is 6.61 Å². The second kappa shape index (κ2) is 9.95. The predicted molar refractivity (Wildman–Crippen MR) is 128 cm³/mol. The van der Waals surface area contributed by atoms with E-state index in [9.17, 15) is 9.18 Å². The van der Waals surface area contributed by atoms with Crippen molar-refractivity contribution < 1.29 is 23.4 Å². The summed E-state index contributed by atoms with van der Waals surface area (Å²) in [7, 11) is 0. The van der Waals surface area contributed by atoms with Crippen LogP contribution in [0.5, 0.6) is 11.5 Å². The number of esters is 1. The lowest BCUT2D eigenvalue weighted by molar-refractivity contribution is -0.129. The molecule has 0 saturated heterocycles. The smallest absolute Gasteiger partial charge is 0.363 e. The Hall–Kier alpha value is -3.20. The van der Waals surface area contributed by atoms with E-state index < -0.39 is 5.97 Å². The van der Waals surface area contributed by atoms with Crippen molar-refractivity contribution >= 4 is 40.5 Å². The maximum Gasteiger partial charge on any atom is 0.363 e. The number of benzene rings is 3.